The number of hydrogen-bond donors (Lipinski definition) is 3. The molecule has 60 heavy (non-hydrogen) atoms. The van der Waals surface area contributed by atoms with Gasteiger partial charge in [-0.25, -0.2) is 4.57 Å². The van der Waals surface area contributed by atoms with E-state index < -0.39 is 51.1 Å². The minimum absolute atomic E-state index is 0.156. The first kappa shape index (κ1) is 57.7. The van der Waals surface area contributed by atoms with E-state index in [1.807, 2.05) is 0 Å². The number of nitrogens with two attached hydrogens (primary N) is 1. The zero-order chi connectivity index (χ0) is 44.2. The Hall–Kier alpha value is -2.30. The van der Waals surface area contributed by atoms with Crippen LogP contribution in [0.1, 0.15) is 219 Å². The molecule has 4 N–H and O–H groups in total. The van der Waals surface area contributed by atoms with Crippen molar-refractivity contribution in [1.29, 1.82) is 0 Å². The predicted molar refractivity (Wildman–Crippen MR) is 245 cm³/mol. The summed E-state index contributed by atoms with van der Waals surface area (Å²) in [5, 5.41) is 8.91. The van der Waals surface area contributed by atoms with Crippen LogP contribution in [0.25, 0.3) is 0 Å². The summed E-state index contributed by atoms with van der Waals surface area (Å²) in [6, 6.07) is -1.52. The van der Waals surface area contributed by atoms with Gasteiger partial charge in [-0.1, -0.05) is 172 Å². The summed E-state index contributed by atoms with van der Waals surface area (Å²) >= 11 is 0. The molecule has 0 aliphatic carbocycles. The van der Waals surface area contributed by atoms with Crippen LogP contribution in [-0.2, 0) is 37.5 Å². The maximum Gasteiger partial charge on any atom is 0.472 e. The summed E-state index contributed by atoms with van der Waals surface area (Å²) in [4.78, 5) is 46.1. The van der Waals surface area contributed by atoms with Crippen molar-refractivity contribution in [3.05, 3.63) is 36.5 Å². The van der Waals surface area contributed by atoms with Gasteiger partial charge in [0.2, 0.25) is 0 Å². The van der Waals surface area contributed by atoms with Crippen LogP contribution in [0.5, 0.6) is 0 Å². The number of rotatable bonds is 45. The van der Waals surface area contributed by atoms with E-state index in [4.69, 9.17) is 24.8 Å². The maximum atomic E-state index is 12.7. The van der Waals surface area contributed by atoms with Crippen LogP contribution in [0, 0.1) is 0 Å². The van der Waals surface area contributed by atoms with Crippen LogP contribution in [0.3, 0.4) is 0 Å². The zero-order valence-electron chi connectivity index (χ0n) is 38.1. The number of carbonyl (C=O) groups excluding carboxylic acids is 2. The average molecular weight is 870 g/mol. The number of unbranched alkanes of at least 4 members (excludes halogenated alkanes) is 25. The topological polar surface area (TPSA) is 172 Å². The van der Waals surface area contributed by atoms with E-state index in [9.17, 15) is 23.8 Å². The van der Waals surface area contributed by atoms with E-state index in [1.165, 1.54) is 116 Å². The van der Waals surface area contributed by atoms with Gasteiger partial charge in [-0.15, -0.1) is 0 Å². The second-order valence-electron chi connectivity index (χ2n) is 16.2. The summed E-state index contributed by atoms with van der Waals surface area (Å²) < 4.78 is 32.8. The molecule has 0 rings (SSSR count). The van der Waals surface area contributed by atoms with Gasteiger partial charge >= 0.3 is 25.7 Å². The van der Waals surface area contributed by atoms with Crippen LogP contribution in [-0.4, -0.2) is 59.9 Å². The van der Waals surface area contributed by atoms with E-state index in [0.29, 0.717) is 12.8 Å². The summed E-state index contributed by atoms with van der Waals surface area (Å²) in [6.07, 6.45) is 47.7. The van der Waals surface area contributed by atoms with Crippen LogP contribution < -0.4 is 5.73 Å². The van der Waals surface area contributed by atoms with E-state index in [0.717, 1.165) is 64.2 Å². The number of aliphatic carboxylic acids is 1. The van der Waals surface area contributed by atoms with Gasteiger partial charge in [0.15, 0.2) is 6.10 Å². The first-order valence-corrected chi connectivity index (χ1v) is 25.5. The normalized spacial score (nSPS) is 13.9. The second kappa shape index (κ2) is 43.4. The molecule has 0 saturated carbocycles. The Kier molecular flexibility index (Phi) is 41.7. The van der Waals surface area contributed by atoms with Crippen LogP contribution >= 0.6 is 7.82 Å². The van der Waals surface area contributed by atoms with Crippen LogP contribution in [0.2, 0.25) is 0 Å². The standard InChI is InChI=1S/C48H88NO10P/c1-3-5-7-9-11-13-15-17-19-21-22-24-25-27-29-31-33-35-37-39-46(50)56-41-44(42-57-60(54,55)58-43-45(49)48(52)53)59-47(51)40-38-36-34-32-30-28-26-23-20-18-16-14-12-10-8-6-4-2/h11,13,17-20,44-45H,3-10,12,14-16,21-43,49H2,1-2H3,(H,52,53)(H,54,55)/b13-11+,19-17+,20-18+/t44-,45+/m1/s1. The highest BCUT2D eigenvalue weighted by molar-refractivity contribution is 7.47. The third-order valence-electron chi connectivity index (χ3n) is 10.4. The fourth-order valence-corrected chi connectivity index (χ4v) is 7.34. The molecule has 0 aromatic carbocycles. The van der Waals surface area contributed by atoms with Gasteiger partial charge < -0.3 is 25.2 Å². The molecule has 0 aromatic heterocycles. The molecule has 0 saturated heterocycles. The number of carbonyl (C=O) groups is 3. The molecule has 0 fully saturated rings. The molecule has 0 aliphatic rings. The van der Waals surface area contributed by atoms with Crippen molar-refractivity contribution in [3.8, 4) is 0 Å². The molecule has 3 atom stereocenters. The highest BCUT2D eigenvalue weighted by Crippen LogP contribution is 2.43. The lowest BCUT2D eigenvalue weighted by Crippen LogP contribution is -2.34. The number of carboxylic acid groups (broad SMARTS) is 1. The van der Waals surface area contributed by atoms with E-state index in [2.05, 4.69) is 54.8 Å². The van der Waals surface area contributed by atoms with Gasteiger partial charge in [-0.3, -0.25) is 23.4 Å². The van der Waals surface area contributed by atoms with Gasteiger partial charge in [0.25, 0.3) is 0 Å². The first-order chi connectivity index (χ1) is 29.1. The minimum atomic E-state index is -4.72. The number of allylic oxidation sites excluding steroid dienone is 6. The lowest BCUT2D eigenvalue weighted by Gasteiger charge is -2.20. The Morgan fingerprint density at radius 1 is 0.517 bits per heavy atom. The van der Waals surface area contributed by atoms with Crippen molar-refractivity contribution in [3.63, 3.8) is 0 Å². The molecule has 0 bridgehead atoms. The van der Waals surface area contributed by atoms with E-state index >= 15 is 0 Å². The van der Waals surface area contributed by atoms with Gasteiger partial charge in [0, 0.05) is 12.8 Å². The summed E-state index contributed by atoms with van der Waals surface area (Å²) in [5.41, 5.74) is 5.34. The quantitative estimate of drug-likeness (QED) is 0.0230. The van der Waals surface area contributed by atoms with Gasteiger partial charge in [-0.05, 0) is 70.6 Å². The van der Waals surface area contributed by atoms with Crippen molar-refractivity contribution in [2.24, 2.45) is 5.73 Å². The molecule has 350 valence electrons. The molecule has 0 radical (unpaired) electrons. The average Bonchev–Trinajstić information content (AvgIpc) is 3.22. The van der Waals surface area contributed by atoms with E-state index in [1.54, 1.807) is 0 Å². The van der Waals surface area contributed by atoms with Crippen molar-refractivity contribution >= 4 is 25.7 Å². The fraction of sp³-hybridized carbons (Fsp3) is 0.812. The monoisotopic (exact) mass is 870 g/mol. The molecule has 0 aliphatic heterocycles. The molecular formula is C48H88NO10P. The molecule has 12 heteroatoms. The highest BCUT2D eigenvalue weighted by atomic mass is 31.2. The smallest absolute Gasteiger partial charge is 0.472 e. The number of esters is 2. The fourth-order valence-electron chi connectivity index (χ4n) is 6.56. The number of phosphoric acid groups is 1. The van der Waals surface area contributed by atoms with Crippen molar-refractivity contribution in [2.45, 2.75) is 231 Å². The van der Waals surface area contributed by atoms with Gasteiger partial charge in [0.05, 0.1) is 13.2 Å². The minimum Gasteiger partial charge on any atom is -0.480 e. The Morgan fingerprint density at radius 3 is 1.35 bits per heavy atom. The third kappa shape index (κ3) is 42.4. The van der Waals surface area contributed by atoms with Crippen molar-refractivity contribution < 1.29 is 47.5 Å². The van der Waals surface area contributed by atoms with Crippen LogP contribution in [0.15, 0.2) is 36.5 Å². The Morgan fingerprint density at radius 2 is 0.883 bits per heavy atom. The second-order valence-corrected chi connectivity index (χ2v) is 17.7. The lowest BCUT2D eigenvalue weighted by molar-refractivity contribution is -0.161. The van der Waals surface area contributed by atoms with Crippen molar-refractivity contribution in [1.82, 2.24) is 0 Å². The number of hydrogen-bond acceptors (Lipinski definition) is 9. The Balaban J connectivity index is 4.30. The maximum absolute atomic E-state index is 12.7. The van der Waals surface area contributed by atoms with Gasteiger partial charge in [-0.2, -0.15) is 0 Å². The Bertz CT molecular complexity index is 1160. The molecular weight excluding hydrogens is 781 g/mol. The molecule has 11 nitrogen and oxygen atoms in total. The summed E-state index contributed by atoms with van der Waals surface area (Å²) in [6.45, 7) is 2.79. The summed E-state index contributed by atoms with van der Waals surface area (Å²) in [7, 11) is -4.72. The zero-order valence-corrected chi connectivity index (χ0v) is 38.9. The summed E-state index contributed by atoms with van der Waals surface area (Å²) in [5.74, 6) is -2.38. The molecule has 1 unspecified atom stereocenters. The van der Waals surface area contributed by atoms with E-state index in [-0.39, 0.29) is 19.4 Å². The largest absolute Gasteiger partial charge is 0.480 e. The number of carboxylic acids is 1. The first-order valence-electron chi connectivity index (χ1n) is 24.0. The predicted octanol–water partition coefficient (Wildman–Crippen LogP) is 13.2. The Labute approximate surface area is 365 Å². The lowest BCUT2D eigenvalue weighted by atomic mass is 10.1. The third-order valence-corrected chi connectivity index (χ3v) is 11.3. The van der Waals surface area contributed by atoms with Crippen molar-refractivity contribution in [2.75, 3.05) is 19.8 Å². The number of phosphoric ester groups is 1. The molecule has 0 heterocycles. The highest BCUT2D eigenvalue weighted by Gasteiger charge is 2.28. The number of ether oxygens (including phenoxy) is 2. The van der Waals surface area contributed by atoms with Gasteiger partial charge in [0.1, 0.15) is 12.6 Å². The molecule has 0 amide bonds. The SMILES string of the molecule is CCCCC/C=C/C/C=C/CCCCCCCCCCCC(=O)OC[C@H](COP(=O)(O)OC[C@H](N)C(=O)O)OC(=O)CCCCCCCCC/C=C/CCCCCCCC. The molecule has 0 spiro atoms. The molecule has 0 aromatic rings. The van der Waals surface area contributed by atoms with Crippen LogP contribution in [0.4, 0.5) is 0 Å².